The lowest BCUT2D eigenvalue weighted by atomic mass is 10.2. The van der Waals surface area contributed by atoms with E-state index in [1.54, 1.807) is 25.1 Å². The van der Waals surface area contributed by atoms with Crippen molar-refractivity contribution in [1.29, 1.82) is 0 Å². The van der Waals surface area contributed by atoms with E-state index in [0.717, 1.165) is 5.56 Å². The van der Waals surface area contributed by atoms with Crippen LogP contribution in [0.2, 0.25) is 0 Å². The zero-order valence-electron chi connectivity index (χ0n) is 11.0. The minimum atomic E-state index is -0.548. The summed E-state index contributed by atoms with van der Waals surface area (Å²) in [6.45, 7) is 1.79. The molecule has 20 heavy (non-hydrogen) atoms. The van der Waals surface area contributed by atoms with Crippen molar-refractivity contribution < 1.29 is 19.5 Å². The highest BCUT2D eigenvalue weighted by molar-refractivity contribution is 5.53. The minimum absolute atomic E-state index is 0.0381. The summed E-state index contributed by atoms with van der Waals surface area (Å²) in [7, 11) is 1.43. The van der Waals surface area contributed by atoms with Crippen molar-refractivity contribution in [1.82, 2.24) is 0 Å². The molecule has 0 aromatic heterocycles. The number of aryl methyl sites for hydroxylation is 1. The van der Waals surface area contributed by atoms with Gasteiger partial charge in [-0.3, -0.25) is 10.1 Å². The van der Waals surface area contributed by atoms with Crippen LogP contribution < -0.4 is 9.47 Å². The van der Waals surface area contributed by atoms with Gasteiger partial charge in [0, 0.05) is 6.07 Å². The quantitative estimate of drug-likeness (QED) is 0.683. The van der Waals surface area contributed by atoms with Gasteiger partial charge in [0.05, 0.1) is 18.1 Å². The van der Waals surface area contributed by atoms with Gasteiger partial charge in [0.1, 0.15) is 17.2 Å². The largest absolute Gasteiger partial charge is 0.508 e. The van der Waals surface area contributed by atoms with Crippen LogP contribution in [0.4, 0.5) is 5.69 Å². The molecule has 1 N–H and O–H groups in total. The van der Waals surface area contributed by atoms with E-state index < -0.39 is 4.92 Å². The van der Waals surface area contributed by atoms with Gasteiger partial charge < -0.3 is 14.6 Å². The zero-order chi connectivity index (χ0) is 14.7. The summed E-state index contributed by atoms with van der Waals surface area (Å²) >= 11 is 0. The van der Waals surface area contributed by atoms with E-state index in [2.05, 4.69) is 0 Å². The Morgan fingerprint density at radius 1 is 1.15 bits per heavy atom. The Morgan fingerprint density at radius 3 is 2.50 bits per heavy atom. The number of aromatic hydroxyl groups is 1. The molecule has 0 amide bonds. The van der Waals surface area contributed by atoms with E-state index in [9.17, 15) is 15.2 Å². The Morgan fingerprint density at radius 2 is 1.90 bits per heavy atom. The molecule has 0 saturated heterocycles. The first-order valence-electron chi connectivity index (χ1n) is 5.80. The average molecular weight is 275 g/mol. The molecule has 0 aliphatic rings. The second-order valence-corrected chi connectivity index (χ2v) is 4.20. The fourth-order valence-electron chi connectivity index (χ4n) is 1.77. The molecule has 0 unspecified atom stereocenters. The zero-order valence-corrected chi connectivity index (χ0v) is 11.0. The van der Waals surface area contributed by atoms with Gasteiger partial charge in [0.25, 0.3) is 0 Å². The van der Waals surface area contributed by atoms with Crippen LogP contribution in [0.5, 0.6) is 23.0 Å². The van der Waals surface area contributed by atoms with Crippen LogP contribution in [0, 0.1) is 17.0 Å². The molecule has 0 fully saturated rings. The van der Waals surface area contributed by atoms with Gasteiger partial charge in [-0.15, -0.1) is 0 Å². The lowest BCUT2D eigenvalue weighted by molar-refractivity contribution is -0.385. The smallest absolute Gasteiger partial charge is 0.315 e. The highest BCUT2D eigenvalue weighted by atomic mass is 16.6. The minimum Gasteiger partial charge on any atom is -0.508 e. The number of rotatable bonds is 4. The first-order valence-corrected chi connectivity index (χ1v) is 5.80. The predicted molar refractivity (Wildman–Crippen MR) is 72.6 cm³/mol. The summed E-state index contributed by atoms with van der Waals surface area (Å²) in [4.78, 5) is 10.5. The standard InChI is InChI=1S/C14H13NO5/c1-9-5-10(16)7-12(6-9)20-14-4-3-11(19-2)8-13(14)15(17)18/h3-8,16H,1-2H3. The molecule has 0 heterocycles. The third-order valence-electron chi connectivity index (χ3n) is 2.63. The number of nitrogens with zero attached hydrogens (tertiary/aromatic N) is 1. The number of phenolic OH excluding ortho intramolecular Hbond substituents is 1. The molecule has 6 nitrogen and oxygen atoms in total. The van der Waals surface area contributed by atoms with Gasteiger partial charge >= 0.3 is 5.69 Å². The summed E-state index contributed by atoms with van der Waals surface area (Å²) in [5.41, 5.74) is 0.585. The maximum Gasteiger partial charge on any atom is 0.315 e. The van der Waals surface area contributed by atoms with E-state index in [1.165, 1.54) is 25.3 Å². The molecule has 0 spiro atoms. The number of phenols is 1. The molecule has 0 atom stereocenters. The first kappa shape index (κ1) is 13.7. The van der Waals surface area contributed by atoms with E-state index in [-0.39, 0.29) is 17.2 Å². The van der Waals surface area contributed by atoms with Gasteiger partial charge in [0.15, 0.2) is 0 Å². The maximum absolute atomic E-state index is 11.0. The van der Waals surface area contributed by atoms with Crippen LogP contribution in [0.25, 0.3) is 0 Å². The molecule has 0 aliphatic carbocycles. The molecule has 0 aliphatic heterocycles. The molecule has 2 aromatic carbocycles. The van der Waals surface area contributed by atoms with Crippen LogP contribution in [-0.4, -0.2) is 17.1 Å². The maximum atomic E-state index is 11.0. The van der Waals surface area contributed by atoms with Gasteiger partial charge in [0.2, 0.25) is 5.75 Å². The summed E-state index contributed by atoms with van der Waals surface area (Å²) < 4.78 is 10.4. The molecule has 2 aromatic rings. The Kier molecular flexibility index (Phi) is 3.74. The van der Waals surface area contributed by atoms with Crippen molar-refractivity contribution in [3.05, 3.63) is 52.1 Å². The second kappa shape index (κ2) is 5.48. The number of benzene rings is 2. The molecule has 0 bridgehead atoms. The lowest BCUT2D eigenvalue weighted by Crippen LogP contribution is -1.95. The van der Waals surface area contributed by atoms with E-state index >= 15 is 0 Å². The van der Waals surface area contributed by atoms with Gasteiger partial charge in [-0.1, -0.05) is 0 Å². The van der Waals surface area contributed by atoms with E-state index in [0.29, 0.717) is 11.5 Å². The number of hydrogen-bond donors (Lipinski definition) is 1. The number of hydrogen-bond acceptors (Lipinski definition) is 5. The first-order chi connectivity index (χ1) is 9.49. The summed E-state index contributed by atoms with van der Waals surface area (Å²) in [6, 6.07) is 8.93. The van der Waals surface area contributed by atoms with Crippen LogP contribution in [0.15, 0.2) is 36.4 Å². The molecular formula is C14H13NO5. The normalized spacial score (nSPS) is 10.1. The lowest BCUT2D eigenvalue weighted by Gasteiger charge is -2.08. The SMILES string of the molecule is COc1ccc(Oc2cc(C)cc(O)c2)c([N+](=O)[O-])c1. The number of nitro groups is 1. The Labute approximate surface area is 115 Å². The molecule has 0 radical (unpaired) electrons. The Hall–Kier alpha value is -2.76. The van der Waals surface area contributed by atoms with Crippen molar-refractivity contribution in [2.45, 2.75) is 6.92 Å². The van der Waals surface area contributed by atoms with Crippen LogP contribution in [0.1, 0.15) is 5.56 Å². The Balaban J connectivity index is 2.39. The highest BCUT2D eigenvalue weighted by Gasteiger charge is 2.17. The van der Waals surface area contributed by atoms with Gasteiger partial charge in [-0.2, -0.15) is 0 Å². The fraction of sp³-hybridized carbons (Fsp3) is 0.143. The predicted octanol–water partition coefficient (Wildman–Crippen LogP) is 3.41. The molecule has 6 heteroatoms. The molecule has 0 saturated carbocycles. The third-order valence-corrected chi connectivity index (χ3v) is 2.63. The molecular weight excluding hydrogens is 262 g/mol. The van der Waals surface area contributed by atoms with E-state index in [4.69, 9.17) is 9.47 Å². The number of ether oxygens (including phenoxy) is 2. The van der Waals surface area contributed by atoms with Crippen molar-refractivity contribution in [2.75, 3.05) is 7.11 Å². The van der Waals surface area contributed by atoms with Crippen molar-refractivity contribution >= 4 is 5.69 Å². The monoisotopic (exact) mass is 275 g/mol. The molecule has 104 valence electrons. The van der Waals surface area contributed by atoms with Crippen molar-refractivity contribution in [2.24, 2.45) is 0 Å². The average Bonchev–Trinajstić information content (AvgIpc) is 2.37. The fourth-order valence-corrected chi connectivity index (χ4v) is 1.77. The van der Waals surface area contributed by atoms with Gasteiger partial charge in [-0.25, -0.2) is 0 Å². The number of methoxy groups -OCH3 is 1. The van der Waals surface area contributed by atoms with Crippen molar-refractivity contribution in [3.63, 3.8) is 0 Å². The van der Waals surface area contributed by atoms with Crippen molar-refractivity contribution in [3.8, 4) is 23.0 Å². The van der Waals surface area contributed by atoms with Gasteiger partial charge in [-0.05, 0) is 36.8 Å². The van der Waals surface area contributed by atoms with Crippen LogP contribution >= 0.6 is 0 Å². The van der Waals surface area contributed by atoms with Crippen LogP contribution in [0.3, 0.4) is 0 Å². The highest BCUT2D eigenvalue weighted by Crippen LogP contribution is 2.35. The van der Waals surface area contributed by atoms with E-state index in [1.807, 2.05) is 0 Å². The van der Waals surface area contributed by atoms with Crippen LogP contribution in [-0.2, 0) is 0 Å². The summed E-state index contributed by atoms with van der Waals surface area (Å²) in [5, 5.41) is 20.5. The second-order valence-electron chi connectivity index (χ2n) is 4.20. The number of nitro benzene ring substituents is 1. The topological polar surface area (TPSA) is 81.8 Å². The summed E-state index contributed by atoms with van der Waals surface area (Å²) in [5.74, 6) is 0.823. The Bertz CT molecular complexity index is 634. The summed E-state index contributed by atoms with van der Waals surface area (Å²) in [6.07, 6.45) is 0. The molecule has 2 rings (SSSR count). The third kappa shape index (κ3) is 2.97.